The molecule has 8 rings (SSSR count). The first-order chi connectivity index (χ1) is 32.0. The Kier molecular flexibility index (Phi) is 13.6. The predicted octanol–water partition coefficient (Wildman–Crippen LogP) is 9.07. The zero-order valence-corrected chi connectivity index (χ0v) is 39.4. The third-order valence-corrected chi connectivity index (χ3v) is 12.7. The number of nitrogens with zero attached hydrogens (tertiary/aromatic N) is 3. The van der Waals surface area contributed by atoms with Gasteiger partial charge in [0.2, 0.25) is 11.8 Å². The van der Waals surface area contributed by atoms with Gasteiger partial charge in [-0.2, -0.15) is 0 Å². The third kappa shape index (κ3) is 10.7. The number of carbonyl (C=O) groups excluding carboxylic acids is 5. The quantitative estimate of drug-likeness (QED) is 0.0968. The molecule has 1 aromatic heterocycles. The first-order valence-electron chi connectivity index (χ1n) is 23.2. The summed E-state index contributed by atoms with van der Waals surface area (Å²) in [6.45, 7) is 12.1. The van der Waals surface area contributed by atoms with Gasteiger partial charge in [0.1, 0.15) is 29.5 Å². The Hall–Kier alpha value is -6.51. The van der Waals surface area contributed by atoms with E-state index in [1.54, 1.807) is 71.8 Å². The molecule has 2 N–H and O–H groups in total. The van der Waals surface area contributed by atoms with Crippen molar-refractivity contribution in [2.75, 3.05) is 43.6 Å². The summed E-state index contributed by atoms with van der Waals surface area (Å²) in [5.74, 6) is -1.48. The summed E-state index contributed by atoms with van der Waals surface area (Å²) in [6, 6.07) is 29.2. The number of benzene rings is 4. The molecule has 67 heavy (non-hydrogen) atoms. The van der Waals surface area contributed by atoms with Crippen LogP contribution in [0.4, 0.5) is 21.0 Å². The number of esters is 1. The van der Waals surface area contributed by atoms with Gasteiger partial charge in [-0.25, -0.2) is 19.0 Å². The second-order valence-corrected chi connectivity index (χ2v) is 19.6. The summed E-state index contributed by atoms with van der Waals surface area (Å²) in [4.78, 5) is 73.2. The minimum atomic E-state index is -1.14. The Labute approximate surface area is 391 Å². The molecule has 0 radical (unpaired) electrons. The number of ether oxygens (including phenoxy) is 4. The van der Waals surface area contributed by atoms with Gasteiger partial charge in [-0.1, -0.05) is 66.7 Å². The molecule has 14 heteroatoms. The summed E-state index contributed by atoms with van der Waals surface area (Å²) >= 11 is 0. The van der Waals surface area contributed by atoms with Crippen molar-refractivity contribution in [1.29, 1.82) is 0 Å². The maximum atomic E-state index is 14.5. The molecule has 3 aliphatic rings. The lowest BCUT2D eigenvalue weighted by Gasteiger charge is -2.41. The zero-order chi connectivity index (χ0) is 47.6. The SMILES string of the molecule is COC1CCC(N2CCN(c3ccc(C[C@H](NC(=O)OCC4c5ccccc5-c5ccccc54)C(=O)Nc4cccc5c4cc(C(=O)OC(C)(C)C)n5C(=O)OC(C)(C)C)cc3)C(=O)C2)CC1. The van der Waals surface area contributed by atoms with Crippen LogP contribution < -0.4 is 15.5 Å². The molecule has 1 atom stereocenters. The Balaban J connectivity index is 1.03. The summed E-state index contributed by atoms with van der Waals surface area (Å²) in [6.07, 6.45) is 2.81. The van der Waals surface area contributed by atoms with Gasteiger partial charge in [0.25, 0.3) is 0 Å². The highest BCUT2D eigenvalue weighted by molar-refractivity contribution is 6.09. The van der Waals surface area contributed by atoms with Crippen LogP contribution >= 0.6 is 0 Å². The highest BCUT2D eigenvalue weighted by Crippen LogP contribution is 2.44. The van der Waals surface area contributed by atoms with Crippen LogP contribution in [0.2, 0.25) is 0 Å². The van der Waals surface area contributed by atoms with E-state index in [1.807, 2.05) is 60.7 Å². The van der Waals surface area contributed by atoms with E-state index < -0.39 is 41.3 Å². The predicted molar refractivity (Wildman–Crippen MR) is 256 cm³/mol. The molecule has 4 aromatic carbocycles. The molecule has 1 aliphatic heterocycles. The van der Waals surface area contributed by atoms with Crippen LogP contribution in [0.25, 0.3) is 22.0 Å². The van der Waals surface area contributed by atoms with E-state index in [2.05, 4.69) is 27.7 Å². The fourth-order valence-corrected chi connectivity index (χ4v) is 9.51. The van der Waals surface area contributed by atoms with Crippen LogP contribution in [-0.2, 0) is 35.0 Å². The number of rotatable bonds is 11. The summed E-state index contributed by atoms with van der Waals surface area (Å²) < 4.78 is 24.0. The monoisotopic (exact) mass is 911 g/mol. The van der Waals surface area contributed by atoms with Gasteiger partial charge in [0, 0.05) is 49.7 Å². The molecule has 2 aliphatic carbocycles. The Bertz CT molecular complexity index is 2610. The van der Waals surface area contributed by atoms with Crippen LogP contribution in [0.15, 0.2) is 97.1 Å². The molecule has 0 spiro atoms. The lowest BCUT2D eigenvalue weighted by molar-refractivity contribution is -0.122. The lowest BCUT2D eigenvalue weighted by atomic mass is 9.91. The van der Waals surface area contributed by atoms with Gasteiger partial charge < -0.3 is 34.5 Å². The number of amides is 3. The maximum absolute atomic E-state index is 14.5. The van der Waals surface area contributed by atoms with Crippen molar-refractivity contribution in [2.45, 2.75) is 109 Å². The molecule has 1 saturated carbocycles. The van der Waals surface area contributed by atoms with Crippen LogP contribution in [0.1, 0.15) is 100 Å². The second kappa shape index (κ2) is 19.4. The minimum absolute atomic E-state index is 0.0338. The number of anilines is 2. The fourth-order valence-electron chi connectivity index (χ4n) is 9.51. The number of nitrogens with one attached hydrogen (secondary N) is 2. The smallest absolute Gasteiger partial charge is 0.419 e. The lowest BCUT2D eigenvalue weighted by Crippen LogP contribution is -2.54. The number of hydrogen-bond donors (Lipinski definition) is 2. The highest BCUT2D eigenvalue weighted by Gasteiger charge is 2.34. The number of carbonyl (C=O) groups is 5. The van der Waals surface area contributed by atoms with Gasteiger partial charge in [-0.3, -0.25) is 14.5 Å². The van der Waals surface area contributed by atoms with Crippen molar-refractivity contribution in [3.63, 3.8) is 0 Å². The molecule has 3 amide bonds. The van der Waals surface area contributed by atoms with Crippen LogP contribution in [0.3, 0.4) is 0 Å². The van der Waals surface area contributed by atoms with Gasteiger partial charge in [-0.05, 0) is 125 Å². The number of piperazine rings is 1. The second-order valence-electron chi connectivity index (χ2n) is 19.6. The Morgan fingerprint density at radius 2 is 1.40 bits per heavy atom. The molecule has 1 saturated heterocycles. The average Bonchev–Trinajstić information content (AvgIpc) is 3.85. The molecular weight excluding hydrogens is 851 g/mol. The molecular formula is C53H61N5O9. The largest absolute Gasteiger partial charge is 0.455 e. The number of hydrogen-bond acceptors (Lipinski definition) is 10. The fraction of sp³-hybridized carbons (Fsp3) is 0.415. The van der Waals surface area contributed by atoms with E-state index in [0.29, 0.717) is 36.1 Å². The maximum Gasteiger partial charge on any atom is 0.419 e. The number of alkyl carbamates (subject to hydrolysis) is 1. The first-order valence-corrected chi connectivity index (χ1v) is 23.2. The van der Waals surface area contributed by atoms with E-state index in [9.17, 15) is 24.0 Å². The van der Waals surface area contributed by atoms with E-state index in [0.717, 1.165) is 70.3 Å². The molecule has 2 fully saturated rings. The number of methoxy groups -OCH3 is 1. The van der Waals surface area contributed by atoms with Crippen molar-refractivity contribution < 1.29 is 42.9 Å². The van der Waals surface area contributed by atoms with Gasteiger partial charge in [-0.15, -0.1) is 0 Å². The normalized spacial score (nSPS) is 18.2. The Morgan fingerprint density at radius 1 is 0.761 bits per heavy atom. The molecule has 14 nitrogen and oxygen atoms in total. The molecule has 5 aromatic rings. The molecule has 0 bridgehead atoms. The topological polar surface area (TPSA) is 158 Å². The van der Waals surface area contributed by atoms with Gasteiger partial charge in [0.15, 0.2) is 0 Å². The van der Waals surface area contributed by atoms with Crippen molar-refractivity contribution in [2.24, 2.45) is 0 Å². The standard InChI is InChI=1S/C53H61N5O9/c1-52(2,3)66-49(61)46-30-41-43(17-12-18-45(41)58(46)51(63)67-53(4,5)6)54-48(60)44(55-50(62)65-32-42-39-15-10-8-13-37(39)38-14-9-11-16-40(38)42)29-33-19-21-35(22-20-33)57-28-27-56(31-47(57)59)34-23-25-36(64-7)26-24-34/h8-22,30,34,36,42,44H,23-29,31-32H2,1-7H3,(H,54,60)(H,55,62)/t34?,36?,44-/m0/s1. The van der Waals surface area contributed by atoms with Crippen molar-refractivity contribution in [3.8, 4) is 11.1 Å². The summed E-state index contributed by atoms with van der Waals surface area (Å²) in [5.41, 5.74) is 4.53. The van der Waals surface area contributed by atoms with E-state index in [1.165, 1.54) is 6.07 Å². The van der Waals surface area contributed by atoms with Crippen LogP contribution in [-0.4, -0.2) is 102 Å². The average molecular weight is 912 g/mol. The van der Waals surface area contributed by atoms with E-state index in [4.69, 9.17) is 18.9 Å². The van der Waals surface area contributed by atoms with Crippen molar-refractivity contribution in [3.05, 3.63) is 119 Å². The van der Waals surface area contributed by atoms with Gasteiger partial charge >= 0.3 is 18.2 Å². The van der Waals surface area contributed by atoms with E-state index >= 15 is 0 Å². The first kappa shape index (κ1) is 47.0. The van der Waals surface area contributed by atoms with Crippen LogP contribution in [0.5, 0.6) is 0 Å². The Morgan fingerprint density at radius 3 is 2.01 bits per heavy atom. The highest BCUT2D eigenvalue weighted by atomic mass is 16.6. The van der Waals surface area contributed by atoms with Crippen LogP contribution in [0, 0.1) is 0 Å². The zero-order valence-electron chi connectivity index (χ0n) is 39.4. The third-order valence-electron chi connectivity index (χ3n) is 12.7. The van der Waals surface area contributed by atoms with Gasteiger partial charge in [0.05, 0.1) is 23.9 Å². The molecule has 352 valence electrons. The number of fused-ring (bicyclic) bond motifs is 4. The molecule has 2 heterocycles. The number of aromatic nitrogens is 1. The summed E-state index contributed by atoms with van der Waals surface area (Å²) in [7, 11) is 1.76. The van der Waals surface area contributed by atoms with Crippen molar-refractivity contribution >= 4 is 52.2 Å². The van der Waals surface area contributed by atoms with E-state index in [-0.39, 0.29) is 36.2 Å². The minimum Gasteiger partial charge on any atom is -0.455 e. The molecule has 0 unspecified atom stereocenters. The van der Waals surface area contributed by atoms with Crippen molar-refractivity contribution in [1.82, 2.24) is 14.8 Å². The summed E-state index contributed by atoms with van der Waals surface area (Å²) in [5, 5.41) is 6.17.